The molecule has 0 spiro atoms. The maximum atomic E-state index is 10.6. The summed E-state index contributed by atoms with van der Waals surface area (Å²) in [5, 5.41) is 15.5. The van der Waals surface area contributed by atoms with E-state index in [9.17, 15) is 4.79 Å². The number of nitrogens with one attached hydrogen (secondary N) is 1. The second kappa shape index (κ2) is 4.85. The van der Waals surface area contributed by atoms with Crippen LogP contribution in [0.15, 0.2) is 10.6 Å². The van der Waals surface area contributed by atoms with Crippen LogP contribution in [0.2, 0.25) is 0 Å². The molecule has 2 rings (SSSR count). The van der Waals surface area contributed by atoms with Gasteiger partial charge in [0.05, 0.1) is 6.54 Å². The van der Waals surface area contributed by atoms with E-state index in [2.05, 4.69) is 17.4 Å². The molecular formula is C11H16N2O4. The van der Waals surface area contributed by atoms with E-state index in [4.69, 9.17) is 14.4 Å². The molecule has 0 atom stereocenters. The Hall–Kier alpha value is -1.40. The Morgan fingerprint density at radius 3 is 2.88 bits per heavy atom. The van der Waals surface area contributed by atoms with Crippen molar-refractivity contribution in [2.45, 2.75) is 31.8 Å². The van der Waals surface area contributed by atoms with Crippen LogP contribution in [0.5, 0.6) is 0 Å². The van der Waals surface area contributed by atoms with Crippen LogP contribution in [0.3, 0.4) is 0 Å². The van der Waals surface area contributed by atoms with Crippen LogP contribution >= 0.6 is 0 Å². The smallest absolute Gasteiger partial charge is 0.358 e. The fourth-order valence-corrected chi connectivity index (χ4v) is 1.80. The molecule has 0 amide bonds. The van der Waals surface area contributed by atoms with Gasteiger partial charge >= 0.3 is 5.97 Å². The Bertz CT molecular complexity index is 396. The lowest BCUT2D eigenvalue weighted by atomic mass is 9.92. The molecule has 6 nitrogen and oxygen atoms in total. The van der Waals surface area contributed by atoms with Crippen molar-refractivity contribution < 1.29 is 19.2 Å². The number of aromatic nitrogens is 1. The number of carboxylic acids is 1. The largest absolute Gasteiger partial charge is 0.476 e. The number of carboxylic acid groups (broad SMARTS) is 1. The summed E-state index contributed by atoms with van der Waals surface area (Å²) in [5.41, 5.74) is -0.0343. The van der Waals surface area contributed by atoms with Crippen LogP contribution in [0, 0.1) is 0 Å². The van der Waals surface area contributed by atoms with E-state index in [1.807, 2.05) is 0 Å². The Labute approximate surface area is 98.9 Å². The maximum absolute atomic E-state index is 10.6. The van der Waals surface area contributed by atoms with Gasteiger partial charge in [0.15, 0.2) is 11.5 Å². The van der Waals surface area contributed by atoms with Gasteiger partial charge in [-0.2, -0.15) is 0 Å². The summed E-state index contributed by atoms with van der Waals surface area (Å²) in [4.78, 5) is 10.6. The summed E-state index contributed by atoms with van der Waals surface area (Å²) in [7, 11) is 0. The SMILES string of the molecule is CC1(NCc2cc(C(=O)O)no2)CCOCC1. The van der Waals surface area contributed by atoms with Gasteiger partial charge in [0.2, 0.25) is 0 Å². The summed E-state index contributed by atoms with van der Waals surface area (Å²) in [6.07, 6.45) is 1.87. The molecule has 17 heavy (non-hydrogen) atoms. The molecule has 0 aromatic carbocycles. The minimum absolute atomic E-state index is 0.0222. The van der Waals surface area contributed by atoms with Gasteiger partial charge in [-0.15, -0.1) is 0 Å². The predicted molar refractivity (Wildman–Crippen MR) is 58.8 cm³/mol. The lowest BCUT2D eigenvalue weighted by Gasteiger charge is -2.34. The van der Waals surface area contributed by atoms with Crippen molar-refractivity contribution in [3.05, 3.63) is 17.5 Å². The number of carbonyl (C=O) groups is 1. The lowest BCUT2D eigenvalue weighted by Crippen LogP contribution is -2.46. The Kier molecular flexibility index (Phi) is 3.44. The third-order valence-electron chi connectivity index (χ3n) is 3.06. The Morgan fingerprint density at radius 2 is 2.29 bits per heavy atom. The van der Waals surface area contributed by atoms with Crippen LogP contribution in [-0.4, -0.2) is 35.0 Å². The quantitative estimate of drug-likeness (QED) is 0.817. The molecule has 1 aromatic rings. The van der Waals surface area contributed by atoms with Gasteiger partial charge < -0.3 is 19.7 Å². The number of ether oxygens (including phenoxy) is 1. The molecular weight excluding hydrogens is 224 g/mol. The molecule has 1 aromatic heterocycles. The third-order valence-corrected chi connectivity index (χ3v) is 3.06. The van der Waals surface area contributed by atoms with Gasteiger partial charge in [0.1, 0.15) is 0 Å². The van der Waals surface area contributed by atoms with Crippen LogP contribution < -0.4 is 5.32 Å². The second-order valence-electron chi connectivity index (χ2n) is 4.51. The lowest BCUT2D eigenvalue weighted by molar-refractivity contribution is 0.0437. The molecule has 1 aliphatic heterocycles. The predicted octanol–water partition coefficient (Wildman–Crippen LogP) is 1.03. The number of rotatable bonds is 4. The highest BCUT2D eigenvalue weighted by Crippen LogP contribution is 2.20. The first-order chi connectivity index (χ1) is 8.09. The maximum Gasteiger partial charge on any atom is 0.358 e. The van der Waals surface area contributed by atoms with Crippen molar-refractivity contribution in [1.29, 1.82) is 0 Å². The molecule has 2 N–H and O–H groups in total. The van der Waals surface area contributed by atoms with E-state index < -0.39 is 5.97 Å². The summed E-state index contributed by atoms with van der Waals surface area (Å²) in [5.74, 6) is -0.535. The zero-order valence-corrected chi connectivity index (χ0v) is 9.73. The Morgan fingerprint density at radius 1 is 1.59 bits per heavy atom. The monoisotopic (exact) mass is 240 g/mol. The van der Waals surface area contributed by atoms with Crippen molar-refractivity contribution in [3.8, 4) is 0 Å². The highest BCUT2D eigenvalue weighted by molar-refractivity contribution is 5.85. The van der Waals surface area contributed by atoms with Crippen LogP contribution in [0.4, 0.5) is 0 Å². The molecule has 6 heteroatoms. The molecule has 1 fully saturated rings. The molecule has 0 bridgehead atoms. The van der Waals surface area contributed by atoms with Gasteiger partial charge in [0, 0.05) is 24.8 Å². The van der Waals surface area contributed by atoms with Gasteiger partial charge in [-0.3, -0.25) is 0 Å². The molecule has 2 heterocycles. The van der Waals surface area contributed by atoms with Crippen LogP contribution in [0.1, 0.15) is 36.0 Å². The first-order valence-corrected chi connectivity index (χ1v) is 5.61. The van der Waals surface area contributed by atoms with E-state index in [0.717, 1.165) is 26.1 Å². The highest BCUT2D eigenvalue weighted by atomic mass is 16.5. The number of aromatic carboxylic acids is 1. The summed E-state index contributed by atoms with van der Waals surface area (Å²) >= 11 is 0. The molecule has 0 radical (unpaired) electrons. The molecule has 0 unspecified atom stereocenters. The topological polar surface area (TPSA) is 84.6 Å². The second-order valence-corrected chi connectivity index (χ2v) is 4.51. The Balaban J connectivity index is 1.90. The van der Waals surface area contributed by atoms with E-state index in [1.54, 1.807) is 0 Å². The molecule has 1 saturated heterocycles. The van der Waals surface area contributed by atoms with Gasteiger partial charge in [-0.05, 0) is 19.8 Å². The fourth-order valence-electron chi connectivity index (χ4n) is 1.80. The van der Waals surface area contributed by atoms with Gasteiger partial charge in [-0.1, -0.05) is 5.16 Å². The number of hydrogen-bond donors (Lipinski definition) is 2. The van der Waals surface area contributed by atoms with Crippen molar-refractivity contribution in [1.82, 2.24) is 10.5 Å². The van der Waals surface area contributed by atoms with Crippen molar-refractivity contribution in [2.75, 3.05) is 13.2 Å². The van der Waals surface area contributed by atoms with Crippen molar-refractivity contribution in [2.24, 2.45) is 0 Å². The average molecular weight is 240 g/mol. The molecule has 0 aliphatic carbocycles. The third kappa shape index (κ3) is 3.04. The van der Waals surface area contributed by atoms with Gasteiger partial charge in [0.25, 0.3) is 0 Å². The number of nitrogens with zero attached hydrogens (tertiary/aromatic N) is 1. The van der Waals surface area contributed by atoms with Crippen molar-refractivity contribution >= 4 is 5.97 Å². The number of hydrogen-bond acceptors (Lipinski definition) is 5. The summed E-state index contributed by atoms with van der Waals surface area (Å²) < 4.78 is 10.2. The first-order valence-electron chi connectivity index (χ1n) is 5.61. The summed E-state index contributed by atoms with van der Waals surface area (Å²) in [6.45, 7) is 4.11. The summed E-state index contributed by atoms with van der Waals surface area (Å²) in [6, 6.07) is 1.44. The van der Waals surface area contributed by atoms with E-state index >= 15 is 0 Å². The molecule has 0 saturated carbocycles. The fraction of sp³-hybridized carbons (Fsp3) is 0.636. The van der Waals surface area contributed by atoms with Crippen molar-refractivity contribution in [3.63, 3.8) is 0 Å². The molecule has 1 aliphatic rings. The average Bonchev–Trinajstić information content (AvgIpc) is 2.76. The van der Waals surface area contributed by atoms with Crippen LogP contribution in [0.25, 0.3) is 0 Å². The standard InChI is InChI=1S/C11H16N2O4/c1-11(2-4-16-5-3-11)12-7-8-6-9(10(14)15)13-17-8/h6,12H,2-5,7H2,1H3,(H,14,15). The van der Waals surface area contributed by atoms with Gasteiger partial charge in [-0.25, -0.2) is 4.79 Å². The zero-order chi connectivity index (χ0) is 12.3. The van der Waals surface area contributed by atoms with Crippen LogP contribution in [-0.2, 0) is 11.3 Å². The zero-order valence-electron chi connectivity index (χ0n) is 9.73. The normalized spacial score (nSPS) is 19.1. The minimum Gasteiger partial charge on any atom is -0.476 e. The molecule has 94 valence electrons. The minimum atomic E-state index is -1.07. The van der Waals surface area contributed by atoms with E-state index in [1.165, 1.54) is 6.07 Å². The van der Waals surface area contributed by atoms with E-state index in [-0.39, 0.29) is 11.2 Å². The highest BCUT2D eigenvalue weighted by Gasteiger charge is 2.27. The first kappa shape index (κ1) is 12.1. The van der Waals surface area contributed by atoms with E-state index in [0.29, 0.717) is 12.3 Å².